The predicted molar refractivity (Wildman–Crippen MR) is 84.4 cm³/mol. The Bertz CT molecular complexity index is 468. The molecule has 0 saturated carbocycles. The molecule has 2 N–H and O–H groups in total. The number of benzene rings is 1. The average molecular weight is 290 g/mol. The number of carbonyl (C=O) groups excluding carboxylic acids is 1. The zero-order chi connectivity index (χ0) is 15.2. The third kappa shape index (κ3) is 5.05. The van der Waals surface area contributed by atoms with E-state index in [1.54, 1.807) is 0 Å². The van der Waals surface area contributed by atoms with Crippen LogP contribution in [0.15, 0.2) is 24.3 Å². The normalized spacial score (nSPS) is 19.5. The van der Waals surface area contributed by atoms with E-state index in [0.29, 0.717) is 12.5 Å². The van der Waals surface area contributed by atoms with Gasteiger partial charge in [0, 0.05) is 12.5 Å². The van der Waals surface area contributed by atoms with Gasteiger partial charge in [0.05, 0.1) is 12.1 Å². The van der Waals surface area contributed by atoms with Gasteiger partial charge in [0.15, 0.2) is 0 Å². The van der Waals surface area contributed by atoms with Gasteiger partial charge in [-0.25, -0.2) is 0 Å². The zero-order valence-electron chi connectivity index (χ0n) is 13.2. The third-order valence-corrected chi connectivity index (χ3v) is 3.70. The zero-order valence-corrected chi connectivity index (χ0v) is 13.2. The van der Waals surface area contributed by atoms with E-state index in [1.807, 2.05) is 45.0 Å². The Labute approximate surface area is 127 Å². The highest BCUT2D eigenvalue weighted by Crippen LogP contribution is 2.20. The number of nitrogens with one attached hydrogen (secondary N) is 2. The molecule has 1 aromatic carbocycles. The van der Waals surface area contributed by atoms with Crippen LogP contribution in [0.25, 0.3) is 0 Å². The topological polar surface area (TPSA) is 50.4 Å². The second kappa shape index (κ2) is 7.46. The third-order valence-electron chi connectivity index (χ3n) is 3.70. The van der Waals surface area contributed by atoms with Crippen molar-refractivity contribution in [2.24, 2.45) is 0 Å². The summed E-state index contributed by atoms with van der Waals surface area (Å²) in [5, 5.41) is 6.42. The minimum absolute atomic E-state index is 0.00499. The fourth-order valence-electron chi connectivity index (χ4n) is 2.67. The molecule has 0 aromatic heterocycles. The lowest BCUT2D eigenvalue weighted by Gasteiger charge is -2.18. The van der Waals surface area contributed by atoms with Crippen LogP contribution in [0.4, 0.5) is 0 Å². The minimum Gasteiger partial charge on any atom is -0.491 e. The molecule has 4 nitrogen and oxygen atoms in total. The van der Waals surface area contributed by atoms with E-state index in [1.165, 1.54) is 6.42 Å². The first kappa shape index (κ1) is 15.8. The Balaban J connectivity index is 1.89. The number of amides is 1. The Morgan fingerprint density at radius 2 is 2.24 bits per heavy atom. The highest BCUT2D eigenvalue weighted by Gasteiger charge is 2.19. The molecule has 4 heteroatoms. The molecule has 0 spiro atoms. The molecule has 1 aliphatic rings. The lowest BCUT2D eigenvalue weighted by Crippen LogP contribution is -2.33. The molecule has 1 fully saturated rings. The van der Waals surface area contributed by atoms with Crippen molar-refractivity contribution in [3.05, 3.63) is 29.8 Å². The van der Waals surface area contributed by atoms with Crippen LogP contribution in [0, 0.1) is 0 Å². The van der Waals surface area contributed by atoms with Gasteiger partial charge in [-0.1, -0.05) is 12.1 Å². The SMILES string of the molecule is CC(C)Oc1cccc(C(C)NC(=O)CC2CCCN2)c1. The summed E-state index contributed by atoms with van der Waals surface area (Å²) in [5.74, 6) is 0.957. The van der Waals surface area contributed by atoms with E-state index in [9.17, 15) is 4.79 Å². The van der Waals surface area contributed by atoms with Crippen LogP contribution in [-0.4, -0.2) is 24.6 Å². The van der Waals surface area contributed by atoms with Crippen LogP contribution in [0.5, 0.6) is 5.75 Å². The molecule has 2 rings (SSSR count). The maximum Gasteiger partial charge on any atom is 0.222 e. The summed E-state index contributed by atoms with van der Waals surface area (Å²) in [5.41, 5.74) is 1.07. The molecule has 116 valence electrons. The lowest BCUT2D eigenvalue weighted by atomic mass is 10.1. The van der Waals surface area contributed by atoms with Crippen molar-refractivity contribution >= 4 is 5.91 Å². The van der Waals surface area contributed by atoms with Gasteiger partial charge in [-0.05, 0) is 57.9 Å². The Hall–Kier alpha value is -1.55. The summed E-state index contributed by atoms with van der Waals surface area (Å²) < 4.78 is 5.69. The maximum atomic E-state index is 12.1. The van der Waals surface area contributed by atoms with Crippen molar-refractivity contribution in [3.63, 3.8) is 0 Å². The highest BCUT2D eigenvalue weighted by molar-refractivity contribution is 5.77. The van der Waals surface area contributed by atoms with Gasteiger partial charge in [-0.15, -0.1) is 0 Å². The van der Waals surface area contributed by atoms with Crippen molar-refractivity contribution in [3.8, 4) is 5.75 Å². The van der Waals surface area contributed by atoms with E-state index >= 15 is 0 Å². The van der Waals surface area contributed by atoms with Crippen LogP contribution < -0.4 is 15.4 Å². The standard InChI is InChI=1S/C17H26N2O2/c1-12(2)21-16-8-4-6-14(10-16)13(3)19-17(20)11-15-7-5-9-18-15/h4,6,8,10,12-13,15,18H,5,7,9,11H2,1-3H3,(H,19,20). The van der Waals surface area contributed by atoms with E-state index in [0.717, 1.165) is 24.3 Å². The van der Waals surface area contributed by atoms with Crippen molar-refractivity contribution < 1.29 is 9.53 Å². The number of rotatable bonds is 6. The van der Waals surface area contributed by atoms with Crippen LogP contribution in [0.3, 0.4) is 0 Å². The Morgan fingerprint density at radius 1 is 1.43 bits per heavy atom. The van der Waals surface area contributed by atoms with E-state index in [4.69, 9.17) is 4.74 Å². The van der Waals surface area contributed by atoms with E-state index in [2.05, 4.69) is 10.6 Å². The molecule has 0 aliphatic carbocycles. The molecule has 2 atom stereocenters. The van der Waals surface area contributed by atoms with Crippen molar-refractivity contribution in [2.45, 2.75) is 58.2 Å². The smallest absolute Gasteiger partial charge is 0.222 e. The second-order valence-corrected chi connectivity index (χ2v) is 6.03. The van der Waals surface area contributed by atoms with E-state index < -0.39 is 0 Å². The first-order valence-corrected chi connectivity index (χ1v) is 7.84. The predicted octanol–water partition coefficient (Wildman–Crippen LogP) is 2.79. The maximum absolute atomic E-state index is 12.1. The monoisotopic (exact) mass is 290 g/mol. The summed E-state index contributed by atoms with van der Waals surface area (Å²) in [4.78, 5) is 12.1. The minimum atomic E-state index is -0.00499. The second-order valence-electron chi connectivity index (χ2n) is 6.03. The number of ether oxygens (including phenoxy) is 1. The molecule has 1 amide bonds. The van der Waals surface area contributed by atoms with Crippen molar-refractivity contribution in [1.82, 2.24) is 10.6 Å². The van der Waals surface area contributed by atoms with Gasteiger partial charge < -0.3 is 15.4 Å². The molecule has 1 saturated heterocycles. The molecule has 1 aliphatic heterocycles. The number of carbonyl (C=O) groups is 1. The number of hydrogen-bond donors (Lipinski definition) is 2. The molecule has 21 heavy (non-hydrogen) atoms. The largest absolute Gasteiger partial charge is 0.491 e. The van der Waals surface area contributed by atoms with Crippen LogP contribution in [0.1, 0.15) is 51.6 Å². The fraction of sp³-hybridized carbons (Fsp3) is 0.588. The molecule has 0 radical (unpaired) electrons. The van der Waals surface area contributed by atoms with Crippen molar-refractivity contribution in [2.75, 3.05) is 6.54 Å². The quantitative estimate of drug-likeness (QED) is 0.847. The molecular weight excluding hydrogens is 264 g/mol. The van der Waals surface area contributed by atoms with Gasteiger partial charge in [-0.3, -0.25) is 4.79 Å². The highest BCUT2D eigenvalue weighted by atomic mass is 16.5. The summed E-state index contributed by atoms with van der Waals surface area (Å²) in [7, 11) is 0. The molecule has 0 bridgehead atoms. The van der Waals surface area contributed by atoms with Crippen LogP contribution in [-0.2, 0) is 4.79 Å². The summed E-state index contributed by atoms with van der Waals surface area (Å²) >= 11 is 0. The van der Waals surface area contributed by atoms with Gasteiger partial charge in [0.2, 0.25) is 5.91 Å². The van der Waals surface area contributed by atoms with E-state index in [-0.39, 0.29) is 18.1 Å². The first-order chi connectivity index (χ1) is 10.0. The van der Waals surface area contributed by atoms with Crippen molar-refractivity contribution in [1.29, 1.82) is 0 Å². The van der Waals surface area contributed by atoms with Gasteiger partial charge in [0.25, 0.3) is 0 Å². The Kier molecular flexibility index (Phi) is 5.62. The molecule has 2 unspecified atom stereocenters. The van der Waals surface area contributed by atoms with Crippen LogP contribution >= 0.6 is 0 Å². The van der Waals surface area contributed by atoms with Gasteiger partial charge in [-0.2, -0.15) is 0 Å². The van der Waals surface area contributed by atoms with Crippen LogP contribution in [0.2, 0.25) is 0 Å². The first-order valence-electron chi connectivity index (χ1n) is 7.84. The molecule has 1 heterocycles. The lowest BCUT2D eigenvalue weighted by molar-refractivity contribution is -0.122. The fourth-order valence-corrected chi connectivity index (χ4v) is 2.67. The summed E-state index contributed by atoms with van der Waals surface area (Å²) in [6, 6.07) is 8.27. The Morgan fingerprint density at radius 3 is 2.90 bits per heavy atom. The number of hydrogen-bond acceptors (Lipinski definition) is 3. The van der Waals surface area contributed by atoms with Gasteiger partial charge in [0.1, 0.15) is 5.75 Å². The molecular formula is C17H26N2O2. The molecule has 1 aromatic rings. The summed E-state index contributed by atoms with van der Waals surface area (Å²) in [6.45, 7) is 7.05. The van der Waals surface area contributed by atoms with Gasteiger partial charge >= 0.3 is 0 Å². The summed E-state index contributed by atoms with van der Waals surface area (Å²) in [6.07, 6.45) is 2.98. The average Bonchev–Trinajstić information content (AvgIpc) is 2.90.